The standard InChI is InChI=1S/C15H22F3N3O3/c1-10(5-7-19)20-11(22)14(15(16,17)18)6-8-21(9-14)12(23)24-13(2,3)4/h10H,5-6,8-9H2,1-4H3,(H,20,22)/t10-,14+/m0/s1. The van der Waals surface area contributed by atoms with Crippen molar-refractivity contribution in [3.63, 3.8) is 0 Å². The van der Waals surface area contributed by atoms with Gasteiger partial charge < -0.3 is 15.0 Å². The summed E-state index contributed by atoms with van der Waals surface area (Å²) >= 11 is 0. The van der Waals surface area contributed by atoms with Crippen molar-refractivity contribution in [2.75, 3.05) is 13.1 Å². The molecule has 1 rings (SSSR count). The quantitative estimate of drug-likeness (QED) is 0.849. The number of likely N-dealkylation sites (tertiary alicyclic amines) is 1. The zero-order valence-corrected chi connectivity index (χ0v) is 14.2. The van der Waals surface area contributed by atoms with Crippen LogP contribution in [-0.2, 0) is 9.53 Å². The Hall–Kier alpha value is -1.98. The van der Waals surface area contributed by atoms with Gasteiger partial charge in [-0.05, 0) is 34.1 Å². The minimum Gasteiger partial charge on any atom is -0.444 e. The van der Waals surface area contributed by atoms with Gasteiger partial charge in [-0.15, -0.1) is 0 Å². The van der Waals surface area contributed by atoms with Crippen LogP contribution < -0.4 is 5.32 Å². The molecule has 0 aromatic rings. The van der Waals surface area contributed by atoms with Crippen LogP contribution in [0.4, 0.5) is 18.0 Å². The SMILES string of the molecule is C[C@@H](CC#N)NC(=O)[C@@]1(C(F)(F)F)CCN(C(=O)OC(C)(C)C)C1. The number of carbonyl (C=O) groups is 2. The van der Waals surface area contributed by atoms with Crippen LogP contribution in [-0.4, -0.2) is 47.8 Å². The van der Waals surface area contributed by atoms with Gasteiger partial charge in [-0.3, -0.25) is 4.79 Å². The van der Waals surface area contributed by atoms with Crippen molar-refractivity contribution >= 4 is 12.0 Å². The van der Waals surface area contributed by atoms with Gasteiger partial charge in [0, 0.05) is 19.1 Å². The molecule has 0 aliphatic carbocycles. The second-order valence-electron chi connectivity index (χ2n) is 6.97. The molecule has 0 radical (unpaired) electrons. The van der Waals surface area contributed by atoms with E-state index in [-0.39, 0.29) is 13.0 Å². The fraction of sp³-hybridized carbons (Fsp3) is 0.800. The molecule has 1 aliphatic heterocycles. The van der Waals surface area contributed by atoms with Gasteiger partial charge in [-0.1, -0.05) is 0 Å². The van der Waals surface area contributed by atoms with E-state index in [1.807, 2.05) is 0 Å². The van der Waals surface area contributed by atoms with Crippen molar-refractivity contribution in [1.29, 1.82) is 5.26 Å². The molecule has 6 nitrogen and oxygen atoms in total. The number of hydrogen-bond donors (Lipinski definition) is 1. The molecular weight excluding hydrogens is 327 g/mol. The second kappa shape index (κ2) is 6.87. The molecular formula is C15H22F3N3O3. The Morgan fingerprint density at radius 3 is 2.42 bits per heavy atom. The van der Waals surface area contributed by atoms with Crippen molar-refractivity contribution in [3.8, 4) is 6.07 Å². The van der Waals surface area contributed by atoms with Crippen LogP contribution in [0.25, 0.3) is 0 Å². The van der Waals surface area contributed by atoms with Gasteiger partial charge in [-0.2, -0.15) is 18.4 Å². The molecule has 1 saturated heterocycles. The number of hydrogen-bond acceptors (Lipinski definition) is 4. The largest absolute Gasteiger partial charge is 0.444 e. The fourth-order valence-corrected chi connectivity index (χ4v) is 2.39. The van der Waals surface area contributed by atoms with Crippen LogP contribution in [0.3, 0.4) is 0 Å². The number of amides is 2. The van der Waals surface area contributed by atoms with Crippen molar-refractivity contribution in [3.05, 3.63) is 0 Å². The lowest BCUT2D eigenvalue weighted by Crippen LogP contribution is -2.54. The van der Waals surface area contributed by atoms with Crippen LogP contribution in [0, 0.1) is 16.7 Å². The average Bonchev–Trinajstić information content (AvgIpc) is 2.82. The molecule has 1 aliphatic rings. The van der Waals surface area contributed by atoms with E-state index in [0.29, 0.717) is 0 Å². The summed E-state index contributed by atoms with van der Waals surface area (Å²) in [6, 6.07) is 1.08. The summed E-state index contributed by atoms with van der Waals surface area (Å²) in [5.74, 6) is -1.22. The lowest BCUT2D eigenvalue weighted by atomic mass is 9.85. The van der Waals surface area contributed by atoms with Crippen LogP contribution in [0.5, 0.6) is 0 Å². The smallest absolute Gasteiger partial charge is 0.410 e. The molecule has 1 fully saturated rings. The molecule has 0 spiro atoms. The first-order chi connectivity index (χ1) is 10.8. The molecule has 136 valence electrons. The van der Waals surface area contributed by atoms with Crippen molar-refractivity contribution in [2.24, 2.45) is 5.41 Å². The normalized spacial score (nSPS) is 22.7. The molecule has 1 heterocycles. The molecule has 0 aromatic heterocycles. The lowest BCUT2D eigenvalue weighted by Gasteiger charge is -2.31. The highest BCUT2D eigenvalue weighted by molar-refractivity contribution is 5.85. The molecule has 0 saturated carbocycles. The Morgan fingerprint density at radius 2 is 1.96 bits per heavy atom. The van der Waals surface area contributed by atoms with E-state index in [1.54, 1.807) is 26.8 Å². The number of halogens is 3. The van der Waals surface area contributed by atoms with E-state index < -0.39 is 48.2 Å². The summed E-state index contributed by atoms with van der Waals surface area (Å²) in [4.78, 5) is 25.1. The van der Waals surface area contributed by atoms with Crippen LogP contribution in [0.15, 0.2) is 0 Å². The van der Waals surface area contributed by atoms with Crippen LogP contribution >= 0.6 is 0 Å². The predicted molar refractivity (Wildman–Crippen MR) is 78.7 cm³/mol. The Kier molecular flexibility index (Phi) is 5.74. The molecule has 0 bridgehead atoms. The maximum absolute atomic E-state index is 13.6. The molecule has 1 N–H and O–H groups in total. The third-order valence-electron chi connectivity index (χ3n) is 3.67. The van der Waals surface area contributed by atoms with Crippen molar-refractivity contribution in [1.82, 2.24) is 10.2 Å². The topological polar surface area (TPSA) is 82.4 Å². The Labute approximate surface area is 138 Å². The second-order valence-corrected chi connectivity index (χ2v) is 6.97. The number of nitriles is 1. The maximum Gasteiger partial charge on any atom is 0.410 e. The summed E-state index contributed by atoms with van der Waals surface area (Å²) < 4.78 is 45.8. The first kappa shape index (κ1) is 20.1. The van der Waals surface area contributed by atoms with Crippen LogP contribution in [0.2, 0.25) is 0 Å². The third kappa shape index (κ3) is 4.52. The number of nitrogens with zero attached hydrogens (tertiary/aromatic N) is 2. The fourth-order valence-electron chi connectivity index (χ4n) is 2.39. The van der Waals surface area contributed by atoms with Gasteiger partial charge in [0.05, 0.1) is 12.5 Å². The summed E-state index contributed by atoms with van der Waals surface area (Å²) in [6.45, 7) is 5.24. The van der Waals surface area contributed by atoms with E-state index in [2.05, 4.69) is 5.32 Å². The maximum atomic E-state index is 13.6. The van der Waals surface area contributed by atoms with Crippen molar-refractivity contribution < 1.29 is 27.5 Å². The molecule has 9 heteroatoms. The number of alkyl halides is 3. The van der Waals surface area contributed by atoms with Gasteiger partial charge in [0.1, 0.15) is 5.60 Å². The summed E-state index contributed by atoms with van der Waals surface area (Å²) in [7, 11) is 0. The highest BCUT2D eigenvalue weighted by Gasteiger charge is 2.64. The van der Waals surface area contributed by atoms with Crippen molar-refractivity contribution in [2.45, 2.75) is 58.4 Å². The number of carbonyl (C=O) groups excluding carboxylic acids is 2. The van der Waals surface area contributed by atoms with E-state index in [9.17, 15) is 22.8 Å². The number of nitrogens with one attached hydrogen (secondary N) is 1. The lowest BCUT2D eigenvalue weighted by molar-refractivity contribution is -0.217. The minimum atomic E-state index is -4.82. The van der Waals surface area contributed by atoms with Crippen LogP contribution in [0.1, 0.15) is 40.5 Å². The van der Waals surface area contributed by atoms with Gasteiger partial charge in [-0.25, -0.2) is 4.79 Å². The molecule has 0 unspecified atom stereocenters. The first-order valence-corrected chi connectivity index (χ1v) is 7.55. The highest BCUT2D eigenvalue weighted by Crippen LogP contribution is 2.46. The Bertz CT molecular complexity index is 537. The zero-order valence-electron chi connectivity index (χ0n) is 14.2. The molecule has 24 heavy (non-hydrogen) atoms. The first-order valence-electron chi connectivity index (χ1n) is 7.55. The van der Waals surface area contributed by atoms with Gasteiger partial charge in [0.2, 0.25) is 5.91 Å². The molecule has 2 amide bonds. The zero-order chi connectivity index (χ0) is 18.8. The highest BCUT2D eigenvalue weighted by atomic mass is 19.4. The number of rotatable bonds is 3. The monoisotopic (exact) mass is 349 g/mol. The average molecular weight is 349 g/mol. The van der Waals surface area contributed by atoms with Gasteiger partial charge >= 0.3 is 12.3 Å². The van der Waals surface area contributed by atoms with E-state index >= 15 is 0 Å². The minimum absolute atomic E-state index is 0.102. The van der Waals surface area contributed by atoms with E-state index in [0.717, 1.165) is 4.90 Å². The number of ether oxygens (including phenoxy) is 1. The van der Waals surface area contributed by atoms with E-state index in [4.69, 9.17) is 10.00 Å². The molecule has 0 aromatic carbocycles. The summed E-state index contributed by atoms with van der Waals surface area (Å²) in [6.07, 6.45) is -6.34. The summed E-state index contributed by atoms with van der Waals surface area (Å²) in [5.41, 5.74) is -3.53. The Morgan fingerprint density at radius 1 is 1.38 bits per heavy atom. The third-order valence-corrected chi connectivity index (χ3v) is 3.67. The summed E-state index contributed by atoms with van der Waals surface area (Å²) in [5, 5.41) is 10.8. The van der Waals surface area contributed by atoms with Gasteiger partial charge in [0.15, 0.2) is 5.41 Å². The predicted octanol–water partition coefficient (Wildman–Crippen LogP) is 2.59. The Balaban J connectivity index is 2.95. The van der Waals surface area contributed by atoms with Gasteiger partial charge in [0.25, 0.3) is 0 Å². The molecule has 2 atom stereocenters. The van der Waals surface area contributed by atoms with E-state index in [1.165, 1.54) is 6.92 Å².